The molecule has 1 aromatic heterocycles. The maximum atomic E-state index is 4.32. The van der Waals surface area contributed by atoms with Crippen molar-refractivity contribution < 1.29 is 0 Å². The normalized spacial score (nSPS) is 26.1. The van der Waals surface area contributed by atoms with Crippen LogP contribution in [0.5, 0.6) is 0 Å². The highest BCUT2D eigenvalue weighted by atomic mass is 15.2. The van der Waals surface area contributed by atoms with Crippen LogP contribution in [0.4, 0.5) is 0 Å². The van der Waals surface area contributed by atoms with Gasteiger partial charge in [-0.05, 0) is 32.5 Å². The highest BCUT2D eigenvalue weighted by molar-refractivity contribution is 5.03. The van der Waals surface area contributed by atoms with Crippen LogP contribution < -0.4 is 5.32 Å². The molecule has 1 aliphatic rings. The molecular formula is C13H21N3. The van der Waals surface area contributed by atoms with E-state index in [2.05, 4.69) is 35.2 Å². The van der Waals surface area contributed by atoms with Gasteiger partial charge in [0.15, 0.2) is 0 Å². The number of likely N-dealkylation sites (tertiary alicyclic amines) is 1. The Morgan fingerprint density at radius 1 is 1.50 bits per heavy atom. The van der Waals surface area contributed by atoms with Crippen molar-refractivity contribution in [3.63, 3.8) is 0 Å². The van der Waals surface area contributed by atoms with E-state index in [9.17, 15) is 0 Å². The molecule has 0 spiro atoms. The van der Waals surface area contributed by atoms with Crippen molar-refractivity contribution in [2.45, 2.75) is 31.8 Å². The molecule has 2 atom stereocenters. The first-order chi connectivity index (χ1) is 7.75. The Balaban J connectivity index is 1.69. The van der Waals surface area contributed by atoms with Crippen LogP contribution in [0, 0.1) is 0 Å². The first-order valence-electron chi connectivity index (χ1n) is 6.09. The third kappa shape index (κ3) is 3.03. The molecule has 0 aliphatic carbocycles. The molecule has 2 heterocycles. The number of aromatic nitrogens is 1. The van der Waals surface area contributed by atoms with Crippen molar-refractivity contribution in [3.8, 4) is 0 Å². The maximum absolute atomic E-state index is 4.32. The molecule has 0 saturated carbocycles. The molecule has 3 heteroatoms. The number of hydrogen-bond donors (Lipinski definition) is 1. The number of pyridine rings is 1. The van der Waals surface area contributed by atoms with Gasteiger partial charge in [-0.15, -0.1) is 0 Å². The van der Waals surface area contributed by atoms with Gasteiger partial charge < -0.3 is 10.2 Å². The summed E-state index contributed by atoms with van der Waals surface area (Å²) < 4.78 is 0. The van der Waals surface area contributed by atoms with E-state index in [0.717, 1.165) is 13.0 Å². The number of rotatable bonds is 4. The fourth-order valence-electron chi connectivity index (χ4n) is 2.29. The Kier molecular flexibility index (Phi) is 3.91. The van der Waals surface area contributed by atoms with E-state index in [1.54, 1.807) is 0 Å². The second-order valence-electron chi connectivity index (χ2n) is 4.75. The van der Waals surface area contributed by atoms with Crippen molar-refractivity contribution in [1.29, 1.82) is 0 Å². The Labute approximate surface area is 97.9 Å². The maximum Gasteiger partial charge on any atom is 0.0416 e. The molecule has 2 unspecified atom stereocenters. The average Bonchev–Trinajstić information content (AvgIpc) is 2.60. The van der Waals surface area contributed by atoms with Gasteiger partial charge in [0.1, 0.15) is 0 Å². The van der Waals surface area contributed by atoms with E-state index in [1.165, 1.54) is 18.7 Å². The van der Waals surface area contributed by atoms with Gasteiger partial charge >= 0.3 is 0 Å². The quantitative estimate of drug-likeness (QED) is 0.827. The number of nitrogens with zero attached hydrogens (tertiary/aromatic N) is 2. The summed E-state index contributed by atoms with van der Waals surface area (Å²) >= 11 is 0. The standard InChI is InChI=1S/C13H21N3/c1-11-9-13(10-16(11)2)15-8-6-12-5-3-4-7-14-12/h3-5,7,11,13,15H,6,8-10H2,1-2H3. The lowest BCUT2D eigenvalue weighted by atomic mass is 10.2. The molecule has 3 nitrogen and oxygen atoms in total. The van der Waals surface area contributed by atoms with Crippen LogP contribution in [-0.2, 0) is 6.42 Å². The fraction of sp³-hybridized carbons (Fsp3) is 0.615. The summed E-state index contributed by atoms with van der Waals surface area (Å²) in [6, 6.07) is 7.47. The molecule has 0 bridgehead atoms. The van der Waals surface area contributed by atoms with E-state index in [-0.39, 0.29) is 0 Å². The average molecular weight is 219 g/mol. The molecule has 1 fully saturated rings. The number of likely N-dealkylation sites (N-methyl/N-ethyl adjacent to an activating group) is 1. The minimum absolute atomic E-state index is 0.656. The minimum Gasteiger partial charge on any atom is -0.312 e. The summed E-state index contributed by atoms with van der Waals surface area (Å²) in [5, 5.41) is 3.61. The third-order valence-electron chi connectivity index (χ3n) is 3.43. The van der Waals surface area contributed by atoms with Crippen LogP contribution in [-0.4, -0.2) is 42.1 Å². The van der Waals surface area contributed by atoms with Crippen LogP contribution >= 0.6 is 0 Å². The Morgan fingerprint density at radius 2 is 2.38 bits per heavy atom. The van der Waals surface area contributed by atoms with Gasteiger partial charge in [-0.1, -0.05) is 6.07 Å². The topological polar surface area (TPSA) is 28.2 Å². The van der Waals surface area contributed by atoms with Crippen LogP contribution in [0.15, 0.2) is 24.4 Å². The summed E-state index contributed by atoms with van der Waals surface area (Å²) in [6.07, 6.45) is 4.15. The predicted molar refractivity (Wildman–Crippen MR) is 66.4 cm³/mol. The summed E-state index contributed by atoms with van der Waals surface area (Å²) in [7, 11) is 2.20. The van der Waals surface area contributed by atoms with Gasteiger partial charge in [-0.2, -0.15) is 0 Å². The van der Waals surface area contributed by atoms with E-state index < -0.39 is 0 Å². The predicted octanol–water partition coefficient (Wildman–Crippen LogP) is 1.31. The third-order valence-corrected chi connectivity index (χ3v) is 3.43. The van der Waals surface area contributed by atoms with Crippen molar-refractivity contribution >= 4 is 0 Å². The molecule has 0 radical (unpaired) electrons. The lowest BCUT2D eigenvalue weighted by Gasteiger charge is -2.13. The van der Waals surface area contributed by atoms with Gasteiger partial charge in [0.05, 0.1) is 0 Å². The highest BCUT2D eigenvalue weighted by Crippen LogP contribution is 2.14. The summed E-state index contributed by atoms with van der Waals surface area (Å²) in [5.41, 5.74) is 1.18. The van der Waals surface area contributed by atoms with E-state index >= 15 is 0 Å². The van der Waals surface area contributed by atoms with Gasteiger partial charge in [-0.3, -0.25) is 4.98 Å². The van der Waals surface area contributed by atoms with Crippen LogP contribution in [0.25, 0.3) is 0 Å². The molecular weight excluding hydrogens is 198 g/mol. The monoisotopic (exact) mass is 219 g/mol. The second-order valence-corrected chi connectivity index (χ2v) is 4.75. The van der Waals surface area contributed by atoms with E-state index in [1.807, 2.05) is 18.3 Å². The van der Waals surface area contributed by atoms with Gasteiger partial charge in [0, 0.05) is 43.5 Å². The van der Waals surface area contributed by atoms with Crippen LogP contribution in [0.1, 0.15) is 19.0 Å². The zero-order valence-corrected chi connectivity index (χ0v) is 10.2. The molecule has 1 aromatic rings. The molecule has 2 rings (SSSR count). The minimum atomic E-state index is 0.656. The zero-order valence-electron chi connectivity index (χ0n) is 10.2. The molecule has 0 aromatic carbocycles. The van der Waals surface area contributed by atoms with Gasteiger partial charge in [-0.25, -0.2) is 0 Å². The number of hydrogen-bond acceptors (Lipinski definition) is 3. The Bertz CT molecular complexity index is 302. The van der Waals surface area contributed by atoms with Gasteiger partial charge in [0.2, 0.25) is 0 Å². The lowest BCUT2D eigenvalue weighted by molar-refractivity contribution is 0.327. The molecule has 0 amide bonds. The zero-order chi connectivity index (χ0) is 11.4. The lowest BCUT2D eigenvalue weighted by Crippen LogP contribution is -2.33. The number of nitrogens with one attached hydrogen (secondary N) is 1. The Hall–Kier alpha value is -0.930. The largest absolute Gasteiger partial charge is 0.312 e. The van der Waals surface area contributed by atoms with Crippen molar-refractivity contribution in [3.05, 3.63) is 30.1 Å². The van der Waals surface area contributed by atoms with E-state index in [4.69, 9.17) is 0 Å². The van der Waals surface area contributed by atoms with Crippen molar-refractivity contribution in [2.24, 2.45) is 0 Å². The SMILES string of the molecule is CC1CC(NCCc2ccccn2)CN1C. The van der Waals surface area contributed by atoms with Crippen LogP contribution in [0.3, 0.4) is 0 Å². The van der Waals surface area contributed by atoms with E-state index in [0.29, 0.717) is 12.1 Å². The smallest absolute Gasteiger partial charge is 0.0416 e. The summed E-state index contributed by atoms with van der Waals surface area (Å²) in [4.78, 5) is 6.74. The molecule has 88 valence electrons. The molecule has 16 heavy (non-hydrogen) atoms. The molecule has 1 N–H and O–H groups in total. The van der Waals surface area contributed by atoms with Crippen molar-refractivity contribution in [1.82, 2.24) is 15.2 Å². The second kappa shape index (κ2) is 5.41. The molecule has 1 aliphatic heterocycles. The summed E-state index contributed by atoms with van der Waals surface area (Å²) in [6.45, 7) is 4.49. The fourth-order valence-corrected chi connectivity index (χ4v) is 2.29. The first-order valence-corrected chi connectivity index (χ1v) is 6.09. The van der Waals surface area contributed by atoms with Crippen molar-refractivity contribution in [2.75, 3.05) is 20.1 Å². The Morgan fingerprint density at radius 3 is 3.00 bits per heavy atom. The van der Waals surface area contributed by atoms with Gasteiger partial charge in [0.25, 0.3) is 0 Å². The van der Waals surface area contributed by atoms with Crippen LogP contribution in [0.2, 0.25) is 0 Å². The molecule has 1 saturated heterocycles. The first kappa shape index (κ1) is 11.6. The highest BCUT2D eigenvalue weighted by Gasteiger charge is 2.25. The summed E-state index contributed by atoms with van der Waals surface area (Å²) in [5.74, 6) is 0.